The van der Waals surface area contributed by atoms with E-state index >= 15 is 0 Å². The van der Waals surface area contributed by atoms with E-state index in [1.807, 2.05) is 0 Å². The first-order chi connectivity index (χ1) is 20.8. The molecule has 0 saturated heterocycles. The highest BCUT2D eigenvalue weighted by Gasteiger charge is 2.38. The third-order valence-corrected chi connectivity index (χ3v) is 9.88. The Balaban J connectivity index is 1.26. The maximum Gasteiger partial charge on any atom is 0.0503 e. The highest BCUT2D eigenvalue weighted by molar-refractivity contribution is 5.89. The van der Waals surface area contributed by atoms with Crippen LogP contribution in [0.2, 0.25) is 0 Å². The second kappa shape index (κ2) is 9.31. The van der Waals surface area contributed by atoms with E-state index in [1.54, 1.807) is 0 Å². The van der Waals surface area contributed by atoms with Gasteiger partial charge in [0.15, 0.2) is 0 Å². The van der Waals surface area contributed by atoms with E-state index in [-0.39, 0.29) is 10.8 Å². The van der Waals surface area contributed by atoms with E-state index in [0.29, 0.717) is 0 Å². The van der Waals surface area contributed by atoms with E-state index in [0.717, 1.165) is 0 Å². The number of nitrogens with zero attached hydrogens (tertiary/aromatic N) is 1. The summed E-state index contributed by atoms with van der Waals surface area (Å²) < 4.78 is 0. The summed E-state index contributed by atoms with van der Waals surface area (Å²) in [7, 11) is 0. The van der Waals surface area contributed by atoms with Crippen LogP contribution in [0.25, 0.3) is 33.4 Å². The molecule has 2 aliphatic rings. The quantitative estimate of drug-likeness (QED) is 0.211. The zero-order chi connectivity index (χ0) is 29.3. The monoisotopic (exact) mass is 553 g/mol. The van der Waals surface area contributed by atoms with Gasteiger partial charge in [0, 0.05) is 16.5 Å². The molecule has 1 heterocycles. The maximum atomic E-state index is 2.44. The summed E-state index contributed by atoms with van der Waals surface area (Å²) in [4.78, 5) is 2.44. The lowest BCUT2D eigenvalue weighted by atomic mass is 9.73. The Labute approximate surface area is 255 Å². The van der Waals surface area contributed by atoms with Crippen molar-refractivity contribution >= 4 is 17.1 Å². The van der Waals surface area contributed by atoms with Crippen LogP contribution in [0.5, 0.6) is 0 Å². The van der Waals surface area contributed by atoms with Gasteiger partial charge in [-0.3, -0.25) is 0 Å². The molecule has 43 heavy (non-hydrogen) atoms. The van der Waals surface area contributed by atoms with E-state index in [2.05, 4.69) is 172 Å². The SMILES string of the molecule is CC1(C)c2ccccc2-c2cc(-c3ccc4c(c3)C(C)(C)c3ccccc3N4c3ccc(-c4ccccc4)cc3)ccc21. The van der Waals surface area contributed by atoms with Gasteiger partial charge >= 0.3 is 0 Å². The highest BCUT2D eigenvalue weighted by Crippen LogP contribution is 2.53. The Hall–Kier alpha value is -4.88. The van der Waals surface area contributed by atoms with Crippen molar-refractivity contribution in [1.29, 1.82) is 0 Å². The summed E-state index contributed by atoms with van der Waals surface area (Å²) in [6, 6.07) is 51.5. The molecule has 0 bridgehead atoms. The second-order valence-corrected chi connectivity index (χ2v) is 13.1. The minimum atomic E-state index is -0.145. The number of hydrogen-bond acceptors (Lipinski definition) is 1. The molecule has 0 unspecified atom stereocenters. The molecular weight excluding hydrogens is 518 g/mol. The van der Waals surface area contributed by atoms with Crippen LogP contribution in [0.4, 0.5) is 17.1 Å². The van der Waals surface area contributed by atoms with Crippen LogP contribution < -0.4 is 4.90 Å². The Morgan fingerprint density at radius 2 is 0.907 bits per heavy atom. The number of benzene rings is 6. The third-order valence-electron chi connectivity index (χ3n) is 9.88. The van der Waals surface area contributed by atoms with Gasteiger partial charge in [0.1, 0.15) is 0 Å². The van der Waals surface area contributed by atoms with Crippen molar-refractivity contribution in [2.75, 3.05) is 4.90 Å². The van der Waals surface area contributed by atoms with Crippen molar-refractivity contribution in [3.8, 4) is 33.4 Å². The van der Waals surface area contributed by atoms with Gasteiger partial charge in [0.2, 0.25) is 0 Å². The fourth-order valence-electron chi connectivity index (χ4n) is 7.49. The summed E-state index contributed by atoms with van der Waals surface area (Å²) >= 11 is 0. The van der Waals surface area contributed by atoms with Gasteiger partial charge < -0.3 is 4.90 Å². The average molecular weight is 554 g/mol. The predicted octanol–water partition coefficient (Wildman–Crippen LogP) is 11.4. The number of hydrogen-bond donors (Lipinski definition) is 0. The van der Waals surface area contributed by atoms with Crippen LogP contribution in [0.1, 0.15) is 49.9 Å². The average Bonchev–Trinajstić information content (AvgIpc) is 3.28. The van der Waals surface area contributed by atoms with E-state index in [1.165, 1.54) is 72.7 Å². The van der Waals surface area contributed by atoms with Crippen molar-refractivity contribution < 1.29 is 0 Å². The molecule has 0 radical (unpaired) electrons. The molecule has 0 atom stereocenters. The summed E-state index contributed by atoms with van der Waals surface area (Å²) in [5.41, 5.74) is 16.8. The molecule has 0 spiro atoms. The lowest BCUT2D eigenvalue weighted by molar-refractivity contribution is 0.632. The van der Waals surface area contributed by atoms with Crippen molar-refractivity contribution in [1.82, 2.24) is 0 Å². The largest absolute Gasteiger partial charge is 0.310 e. The van der Waals surface area contributed by atoms with Gasteiger partial charge in [-0.25, -0.2) is 0 Å². The van der Waals surface area contributed by atoms with Gasteiger partial charge in [0.05, 0.1) is 11.4 Å². The van der Waals surface area contributed by atoms with Gasteiger partial charge in [-0.15, -0.1) is 0 Å². The number of rotatable bonds is 3. The molecular formula is C42H35N. The first kappa shape index (κ1) is 25.8. The Bertz CT molecular complexity index is 2010. The maximum absolute atomic E-state index is 2.44. The normalized spacial score (nSPS) is 15.3. The summed E-state index contributed by atoms with van der Waals surface area (Å²) in [5, 5.41) is 0. The molecule has 1 aliphatic carbocycles. The Morgan fingerprint density at radius 3 is 1.70 bits per heavy atom. The van der Waals surface area contributed by atoms with Crippen molar-refractivity contribution in [2.24, 2.45) is 0 Å². The van der Waals surface area contributed by atoms with Gasteiger partial charge in [-0.2, -0.15) is 0 Å². The minimum Gasteiger partial charge on any atom is -0.310 e. The van der Waals surface area contributed by atoms with E-state index in [9.17, 15) is 0 Å². The van der Waals surface area contributed by atoms with Gasteiger partial charge in [-0.1, -0.05) is 131 Å². The molecule has 0 aromatic heterocycles. The van der Waals surface area contributed by atoms with Crippen LogP contribution in [0.15, 0.2) is 140 Å². The zero-order valence-electron chi connectivity index (χ0n) is 25.2. The fourth-order valence-corrected chi connectivity index (χ4v) is 7.49. The lowest BCUT2D eigenvalue weighted by Gasteiger charge is -2.42. The summed E-state index contributed by atoms with van der Waals surface area (Å²) in [5.74, 6) is 0. The topological polar surface area (TPSA) is 3.24 Å². The van der Waals surface area contributed by atoms with Crippen LogP contribution in [-0.2, 0) is 10.8 Å². The molecule has 8 rings (SSSR count). The van der Waals surface area contributed by atoms with Crippen molar-refractivity contribution in [3.63, 3.8) is 0 Å². The van der Waals surface area contributed by atoms with Crippen molar-refractivity contribution in [3.05, 3.63) is 162 Å². The Kier molecular flexibility index (Phi) is 5.59. The number of anilines is 3. The van der Waals surface area contributed by atoms with Crippen LogP contribution in [0.3, 0.4) is 0 Å². The van der Waals surface area contributed by atoms with E-state index < -0.39 is 0 Å². The summed E-state index contributed by atoms with van der Waals surface area (Å²) in [6.07, 6.45) is 0. The zero-order valence-corrected chi connectivity index (χ0v) is 25.2. The first-order valence-electron chi connectivity index (χ1n) is 15.3. The molecule has 6 aromatic carbocycles. The van der Waals surface area contributed by atoms with Crippen molar-refractivity contribution in [2.45, 2.75) is 38.5 Å². The second-order valence-electron chi connectivity index (χ2n) is 13.1. The molecule has 1 heteroatoms. The molecule has 0 saturated carbocycles. The molecule has 1 nitrogen and oxygen atoms in total. The molecule has 0 amide bonds. The summed E-state index contributed by atoms with van der Waals surface area (Å²) in [6.45, 7) is 9.42. The first-order valence-corrected chi connectivity index (χ1v) is 15.3. The number of para-hydroxylation sites is 1. The minimum absolute atomic E-state index is 0.0164. The van der Waals surface area contributed by atoms with Crippen LogP contribution in [0, 0.1) is 0 Å². The number of fused-ring (bicyclic) bond motifs is 5. The highest BCUT2D eigenvalue weighted by atomic mass is 15.2. The van der Waals surface area contributed by atoms with Crippen LogP contribution >= 0.6 is 0 Å². The van der Waals surface area contributed by atoms with E-state index in [4.69, 9.17) is 0 Å². The van der Waals surface area contributed by atoms with Gasteiger partial charge in [0.25, 0.3) is 0 Å². The lowest BCUT2D eigenvalue weighted by Crippen LogP contribution is -2.30. The molecule has 0 fully saturated rings. The van der Waals surface area contributed by atoms with Gasteiger partial charge in [-0.05, 0) is 92.0 Å². The molecule has 1 aliphatic heterocycles. The molecule has 208 valence electrons. The smallest absolute Gasteiger partial charge is 0.0503 e. The standard InChI is InChI=1S/C42H35N/c1-41(2)35-15-9-8-14-33(35)34-26-30(20-24-36(34)41)31-21-25-40-38(27-31)42(3,4)37-16-10-11-17-39(37)43(40)32-22-18-29(19-23-32)28-12-6-5-7-13-28/h5-27H,1-4H3. The Morgan fingerprint density at radius 1 is 0.372 bits per heavy atom. The molecule has 0 N–H and O–H groups in total. The predicted molar refractivity (Wildman–Crippen MR) is 182 cm³/mol. The third kappa shape index (κ3) is 3.85. The molecule has 6 aromatic rings. The van der Waals surface area contributed by atoms with Crippen LogP contribution in [-0.4, -0.2) is 0 Å². The fraction of sp³-hybridized carbons (Fsp3) is 0.143.